The molecule has 1 amide bonds. The Hall–Kier alpha value is -3.45. The minimum atomic E-state index is -0.0511. The van der Waals surface area contributed by atoms with Crippen LogP contribution in [0.25, 0.3) is 11.3 Å². The Morgan fingerprint density at radius 3 is 2.60 bits per heavy atom. The fourth-order valence-corrected chi connectivity index (χ4v) is 5.54. The summed E-state index contributed by atoms with van der Waals surface area (Å²) in [6, 6.07) is 15.0. The first-order valence-corrected chi connectivity index (χ1v) is 12.7. The molecule has 6 rings (SSSR count). The van der Waals surface area contributed by atoms with Crippen molar-refractivity contribution in [2.75, 3.05) is 47.8 Å². The molecule has 1 atom stereocenters. The predicted octanol–water partition coefficient (Wildman–Crippen LogP) is 4.09. The molecule has 3 aliphatic heterocycles. The van der Waals surface area contributed by atoms with Crippen molar-refractivity contribution in [1.82, 2.24) is 14.9 Å². The number of fused-ring (bicyclic) bond motifs is 3. The topological polar surface area (TPSA) is 64.6 Å². The van der Waals surface area contributed by atoms with E-state index in [4.69, 9.17) is 4.98 Å². The number of piperazine rings is 1. The molecular formula is C28H32N6O. The fraction of sp³-hybridized carbons (Fsp3) is 0.393. The molecule has 0 aliphatic carbocycles. The second kappa shape index (κ2) is 9.30. The predicted molar refractivity (Wildman–Crippen MR) is 140 cm³/mol. The molecule has 3 aromatic rings. The van der Waals surface area contributed by atoms with Gasteiger partial charge < -0.3 is 15.1 Å². The number of nitrogens with zero attached hydrogens (tertiary/aromatic N) is 5. The van der Waals surface area contributed by atoms with E-state index in [1.54, 1.807) is 0 Å². The van der Waals surface area contributed by atoms with Gasteiger partial charge in [-0.05, 0) is 67.6 Å². The monoisotopic (exact) mass is 468 g/mol. The number of carbonyl (C=O) groups excluding carboxylic acids is 1. The average molecular weight is 469 g/mol. The van der Waals surface area contributed by atoms with Gasteiger partial charge in [0, 0.05) is 62.9 Å². The molecule has 0 saturated carbocycles. The second-order valence-electron chi connectivity index (χ2n) is 9.94. The molecule has 2 saturated heterocycles. The molecule has 1 aromatic carbocycles. The van der Waals surface area contributed by atoms with Crippen LogP contribution in [0.5, 0.6) is 0 Å². The van der Waals surface area contributed by atoms with Crippen molar-refractivity contribution in [2.45, 2.75) is 38.8 Å². The number of piperidine rings is 1. The number of aromatic nitrogens is 2. The lowest BCUT2D eigenvalue weighted by Gasteiger charge is -2.40. The van der Waals surface area contributed by atoms with E-state index in [0.717, 1.165) is 86.9 Å². The van der Waals surface area contributed by atoms with Gasteiger partial charge in [0.1, 0.15) is 6.04 Å². The zero-order chi connectivity index (χ0) is 23.8. The number of carbonyl (C=O) groups is 1. The third kappa shape index (κ3) is 4.48. The largest absolute Gasteiger partial charge is 0.369 e. The van der Waals surface area contributed by atoms with E-state index in [1.807, 2.05) is 18.5 Å². The smallest absolute Gasteiger partial charge is 0.247 e. The molecule has 180 valence electrons. The van der Waals surface area contributed by atoms with Gasteiger partial charge >= 0.3 is 0 Å². The van der Waals surface area contributed by atoms with E-state index in [2.05, 4.69) is 68.3 Å². The van der Waals surface area contributed by atoms with Crippen LogP contribution in [0.3, 0.4) is 0 Å². The molecule has 0 radical (unpaired) electrons. The van der Waals surface area contributed by atoms with E-state index in [0.29, 0.717) is 0 Å². The van der Waals surface area contributed by atoms with Crippen LogP contribution in [-0.4, -0.2) is 59.5 Å². The molecule has 35 heavy (non-hydrogen) atoms. The third-order valence-corrected chi connectivity index (χ3v) is 7.48. The lowest BCUT2D eigenvalue weighted by atomic mass is 9.99. The molecule has 0 spiro atoms. The first-order chi connectivity index (χ1) is 17.1. The number of hydrogen-bond acceptors (Lipinski definition) is 6. The molecule has 1 unspecified atom stereocenters. The van der Waals surface area contributed by atoms with E-state index in [1.165, 1.54) is 11.3 Å². The van der Waals surface area contributed by atoms with Crippen LogP contribution in [0.1, 0.15) is 30.4 Å². The van der Waals surface area contributed by atoms with Crippen molar-refractivity contribution in [3.8, 4) is 11.3 Å². The van der Waals surface area contributed by atoms with Gasteiger partial charge in [-0.25, -0.2) is 4.98 Å². The summed E-state index contributed by atoms with van der Waals surface area (Å²) in [6.07, 6.45) is 7.02. The maximum absolute atomic E-state index is 12.6. The normalized spacial score (nSPS) is 20.3. The summed E-state index contributed by atoms with van der Waals surface area (Å²) >= 11 is 0. The van der Waals surface area contributed by atoms with Crippen molar-refractivity contribution in [1.29, 1.82) is 0 Å². The Kier molecular flexibility index (Phi) is 5.86. The highest BCUT2D eigenvalue weighted by Gasteiger charge is 2.35. The number of benzene rings is 1. The number of nitrogens with one attached hydrogen (secondary N) is 1. The summed E-state index contributed by atoms with van der Waals surface area (Å²) in [6.45, 7) is 7.85. The number of hydrogen-bond donors (Lipinski definition) is 1. The molecule has 7 heteroatoms. The molecular weight excluding hydrogens is 436 g/mol. The van der Waals surface area contributed by atoms with Gasteiger partial charge in [0.15, 0.2) is 5.82 Å². The standard InChI is InChI=1S/C28H32N6O/c1-20-9-10-29-24(16-20)22-5-7-23(8-6-22)33-14-12-32(13-15-33)19-21-17-25-27(30-18-21)34-11-3-2-4-26(34)28(35)31-25/h5-10,16-18,26H,2-4,11-15,19H2,1H3,(H,31,35). The van der Waals surface area contributed by atoms with Gasteiger partial charge in [0.25, 0.3) is 0 Å². The van der Waals surface area contributed by atoms with E-state index < -0.39 is 0 Å². The molecule has 2 aromatic heterocycles. The van der Waals surface area contributed by atoms with Crippen LogP contribution in [0.2, 0.25) is 0 Å². The number of anilines is 3. The number of rotatable bonds is 4. The first-order valence-electron chi connectivity index (χ1n) is 12.7. The summed E-state index contributed by atoms with van der Waals surface area (Å²) in [5.41, 5.74) is 6.68. The van der Waals surface area contributed by atoms with Gasteiger partial charge in [0.05, 0.1) is 11.4 Å². The average Bonchev–Trinajstić information content (AvgIpc) is 2.89. The van der Waals surface area contributed by atoms with Crippen molar-refractivity contribution in [3.05, 3.63) is 66.0 Å². The van der Waals surface area contributed by atoms with Gasteiger partial charge in [-0.3, -0.25) is 14.7 Å². The Morgan fingerprint density at radius 1 is 0.971 bits per heavy atom. The molecule has 2 fully saturated rings. The van der Waals surface area contributed by atoms with E-state index in [9.17, 15) is 4.79 Å². The summed E-state index contributed by atoms with van der Waals surface area (Å²) in [5.74, 6) is 1.06. The molecule has 0 bridgehead atoms. The molecule has 7 nitrogen and oxygen atoms in total. The van der Waals surface area contributed by atoms with Crippen molar-refractivity contribution in [3.63, 3.8) is 0 Å². The summed E-state index contributed by atoms with van der Waals surface area (Å²) < 4.78 is 0. The van der Waals surface area contributed by atoms with E-state index >= 15 is 0 Å². The Bertz CT molecular complexity index is 1220. The number of amides is 1. The van der Waals surface area contributed by atoms with Crippen LogP contribution < -0.4 is 15.1 Å². The Morgan fingerprint density at radius 2 is 1.80 bits per heavy atom. The van der Waals surface area contributed by atoms with Gasteiger partial charge in [-0.1, -0.05) is 12.1 Å². The molecule has 3 aliphatic rings. The van der Waals surface area contributed by atoms with Crippen LogP contribution in [0.15, 0.2) is 54.9 Å². The van der Waals surface area contributed by atoms with E-state index in [-0.39, 0.29) is 11.9 Å². The lowest BCUT2D eigenvalue weighted by molar-refractivity contribution is -0.118. The summed E-state index contributed by atoms with van der Waals surface area (Å²) in [7, 11) is 0. The van der Waals surface area contributed by atoms with Gasteiger partial charge in [-0.2, -0.15) is 0 Å². The maximum Gasteiger partial charge on any atom is 0.247 e. The highest BCUT2D eigenvalue weighted by Crippen LogP contribution is 2.35. The fourth-order valence-electron chi connectivity index (χ4n) is 5.54. The Labute approximate surface area is 206 Å². The summed E-state index contributed by atoms with van der Waals surface area (Å²) in [4.78, 5) is 29.0. The molecule has 5 heterocycles. The van der Waals surface area contributed by atoms with Gasteiger partial charge in [-0.15, -0.1) is 0 Å². The number of aryl methyl sites for hydroxylation is 1. The highest BCUT2D eigenvalue weighted by molar-refractivity contribution is 6.02. The molecule has 1 N–H and O–H groups in total. The zero-order valence-corrected chi connectivity index (χ0v) is 20.3. The van der Waals surface area contributed by atoms with Crippen LogP contribution in [0.4, 0.5) is 17.2 Å². The number of pyridine rings is 2. The second-order valence-corrected chi connectivity index (χ2v) is 9.94. The minimum absolute atomic E-state index is 0.0511. The Balaban J connectivity index is 1.07. The zero-order valence-electron chi connectivity index (χ0n) is 20.3. The summed E-state index contributed by atoms with van der Waals surface area (Å²) in [5, 5.41) is 3.11. The third-order valence-electron chi connectivity index (χ3n) is 7.48. The van der Waals surface area contributed by atoms with Crippen LogP contribution in [0, 0.1) is 6.92 Å². The SMILES string of the molecule is Cc1ccnc(-c2ccc(N3CCN(Cc4cnc5c(c4)NC(=O)C4CCCCN54)CC3)cc2)c1. The quantitative estimate of drug-likeness (QED) is 0.622. The lowest BCUT2D eigenvalue weighted by Crippen LogP contribution is -2.51. The maximum atomic E-state index is 12.6. The van der Waals surface area contributed by atoms with Crippen molar-refractivity contribution >= 4 is 23.1 Å². The van der Waals surface area contributed by atoms with Crippen molar-refractivity contribution < 1.29 is 4.79 Å². The highest BCUT2D eigenvalue weighted by atomic mass is 16.2. The van der Waals surface area contributed by atoms with Gasteiger partial charge in [0.2, 0.25) is 5.91 Å². The first kappa shape index (κ1) is 22.0. The van der Waals surface area contributed by atoms with Crippen LogP contribution in [-0.2, 0) is 11.3 Å². The van der Waals surface area contributed by atoms with Crippen molar-refractivity contribution in [2.24, 2.45) is 0 Å². The minimum Gasteiger partial charge on any atom is -0.369 e. The van der Waals surface area contributed by atoms with Crippen LogP contribution >= 0.6 is 0 Å².